The summed E-state index contributed by atoms with van der Waals surface area (Å²) < 4.78 is 104. The number of nitrogens with one attached hydrogen (secondary N) is 2. The summed E-state index contributed by atoms with van der Waals surface area (Å²) in [5.74, 6) is -4.35. The van der Waals surface area contributed by atoms with Crippen LogP contribution in [-0.4, -0.2) is 70.2 Å². The highest BCUT2D eigenvalue weighted by Crippen LogP contribution is 2.41. The number of halogens is 8. The van der Waals surface area contributed by atoms with Crippen LogP contribution in [0.15, 0.2) is 24.7 Å². The minimum atomic E-state index is -4.63. The normalized spacial score (nSPS) is 18.6. The van der Waals surface area contributed by atoms with E-state index in [1.165, 1.54) is 16.8 Å². The van der Waals surface area contributed by atoms with E-state index in [2.05, 4.69) is 30.9 Å². The number of aliphatic hydroxyl groups is 2. The molecule has 0 spiro atoms. The molecule has 1 aliphatic carbocycles. The van der Waals surface area contributed by atoms with Crippen LogP contribution in [0.25, 0.3) is 5.65 Å². The second kappa shape index (κ2) is 12.0. The Morgan fingerprint density at radius 3 is 2.40 bits per heavy atom. The van der Waals surface area contributed by atoms with Gasteiger partial charge >= 0.3 is 12.4 Å². The summed E-state index contributed by atoms with van der Waals surface area (Å²) in [5, 5.41) is 35.9. The fourth-order valence-electron chi connectivity index (χ4n) is 4.55. The number of aromatic nitrogens is 6. The first-order valence-corrected chi connectivity index (χ1v) is 12.7. The van der Waals surface area contributed by atoms with Crippen molar-refractivity contribution in [2.24, 2.45) is 5.92 Å². The van der Waals surface area contributed by atoms with E-state index in [1.54, 1.807) is 0 Å². The van der Waals surface area contributed by atoms with Crippen molar-refractivity contribution >= 4 is 11.6 Å². The van der Waals surface area contributed by atoms with Gasteiger partial charge in [-0.25, -0.2) is 18.3 Å². The SMILES string of the molecule is O=C(N[C@H](c1cn2ncc([C@@H](O)NC(O)CCC(F)(F)F)cc2n1)C1CCC(F)(F)CC1)c1cnn(CC(F)(F)F)n1. The van der Waals surface area contributed by atoms with Crippen LogP contribution >= 0.6 is 0 Å². The smallest absolute Gasteiger partial charge is 0.379 e. The van der Waals surface area contributed by atoms with E-state index in [-0.39, 0.29) is 29.7 Å². The summed E-state index contributed by atoms with van der Waals surface area (Å²) >= 11 is 0. The first-order chi connectivity index (χ1) is 19.5. The van der Waals surface area contributed by atoms with E-state index in [1.807, 2.05) is 0 Å². The number of imidazole rings is 1. The maximum absolute atomic E-state index is 13.9. The first kappa shape index (κ1) is 31.5. The van der Waals surface area contributed by atoms with Crippen molar-refractivity contribution in [1.29, 1.82) is 0 Å². The molecule has 0 radical (unpaired) electrons. The van der Waals surface area contributed by atoms with Gasteiger partial charge in [0, 0.05) is 24.8 Å². The van der Waals surface area contributed by atoms with Gasteiger partial charge in [-0.15, -0.1) is 5.10 Å². The second-order valence-corrected chi connectivity index (χ2v) is 10.0. The number of hydrogen-bond donors (Lipinski definition) is 4. The van der Waals surface area contributed by atoms with Crippen LogP contribution in [0, 0.1) is 5.92 Å². The maximum atomic E-state index is 13.9. The average molecular weight is 614 g/mol. The van der Waals surface area contributed by atoms with E-state index < -0.39 is 86.5 Å². The Balaban J connectivity index is 1.54. The molecular formula is C23H26F8N8O3. The van der Waals surface area contributed by atoms with Gasteiger partial charge in [-0.1, -0.05) is 0 Å². The Morgan fingerprint density at radius 1 is 1.07 bits per heavy atom. The van der Waals surface area contributed by atoms with E-state index >= 15 is 0 Å². The molecule has 1 amide bonds. The zero-order valence-corrected chi connectivity index (χ0v) is 21.6. The lowest BCUT2D eigenvalue weighted by Crippen LogP contribution is -2.37. The molecule has 0 aromatic carbocycles. The van der Waals surface area contributed by atoms with Gasteiger partial charge in [0.05, 0.1) is 30.3 Å². The summed E-state index contributed by atoms with van der Waals surface area (Å²) in [6.45, 7) is -1.53. The molecule has 232 valence electrons. The van der Waals surface area contributed by atoms with Gasteiger partial charge in [-0.2, -0.15) is 41.3 Å². The number of carbonyl (C=O) groups is 1. The third-order valence-electron chi connectivity index (χ3n) is 6.66. The molecule has 1 fully saturated rings. The van der Waals surface area contributed by atoms with Crippen molar-refractivity contribution in [1.82, 2.24) is 40.2 Å². The Bertz CT molecular complexity index is 1370. The molecule has 11 nitrogen and oxygen atoms in total. The van der Waals surface area contributed by atoms with Crippen LogP contribution < -0.4 is 10.6 Å². The number of carbonyl (C=O) groups excluding carboxylic acids is 1. The van der Waals surface area contributed by atoms with Gasteiger partial charge in [0.25, 0.3) is 5.91 Å². The number of fused-ring (bicyclic) bond motifs is 1. The van der Waals surface area contributed by atoms with Crippen LogP contribution in [0.3, 0.4) is 0 Å². The van der Waals surface area contributed by atoms with E-state index in [0.29, 0.717) is 4.80 Å². The molecule has 1 saturated carbocycles. The fraction of sp³-hybridized carbons (Fsp3) is 0.609. The predicted octanol–water partition coefficient (Wildman–Crippen LogP) is 3.42. The largest absolute Gasteiger partial charge is 0.409 e. The lowest BCUT2D eigenvalue weighted by molar-refractivity contribution is -0.145. The number of hydrogen-bond acceptors (Lipinski definition) is 8. The van der Waals surface area contributed by atoms with E-state index in [9.17, 15) is 50.1 Å². The van der Waals surface area contributed by atoms with Gasteiger partial charge in [0.2, 0.25) is 5.92 Å². The van der Waals surface area contributed by atoms with Crippen LogP contribution in [0.4, 0.5) is 35.1 Å². The highest BCUT2D eigenvalue weighted by Gasteiger charge is 2.40. The number of nitrogens with zero attached hydrogens (tertiary/aromatic N) is 6. The summed E-state index contributed by atoms with van der Waals surface area (Å²) in [4.78, 5) is 17.6. The lowest BCUT2D eigenvalue weighted by Gasteiger charge is -2.33. The van der Waals surface area contributed by atoms with Gasteiger partial charge < -0.3 is 15.5 Å². The molecule has 1 aliphatic rings. The van der Waals surface area contributed by atoms with Crippen LogP contribution in [0.5, 0.6) is 0 Å². The topological polar surface area (TPSA) is 142 Å². The Kier molecular flexibility index (Phi) is 9.02. The molecule has 3 atom stereocenters. The number of rotatable bonds is 10. The van der Waals surface area contributed by atoms with Crippen LogP contribution in [-0.2, 0) is 6.54 Å². The quantitative estimate of drug-likeness (QED) is 0.201. The fourth-order valence-corrected chi connectivity index (χ4v) is 4.55. The molecule has 0 bridgehead atoms. The van der Waals surface area contributed by atoms with Crippen molar-refractivity contribution in [3.8, 4) is 0 Å². The van der Waals surface area contributed by atoms with Crippen LogP contribution in [0.2, 0.25) is 0 Å². The molecule has 19 heteroatoms. The van der Waals surface area contributed by atoms with E-state index in [0.717, 1.165) is 12.4 Å². The third-order valence-corrected chi connectivity index (χ3v) is 6.66. The first-order valence-electron chi connectivity index (χ1n) is 12.7. The zero-order chi connectivity index (χ0) is 30.9. The minimum Gasteiger partial charge on any atom is -0.379 e. The molecule has 0 aliphatic heterocycles. The molecule has 3 aromatic rings. The van der Waals surface area contributed by atoms with Crippen molar-refractivity contribution in [2.45, 2.75) is 81.8 Å². The van der Waals surface area contributed by atoms with Gasteiger partial charge in [0.15, 0.2) is 17.9 Å². The molecule has 0 saturated heterocycles. The second-order valence-electron chi connectivity index (χ2n) is 10.0. The molecule has 3 heterocycles. The summed E-state index contributed by atoms with van der Waals surface area (Å²) in [6.07, 6.45) is -12.0. The molecule has 4 N–H and O–H groups in total. The molecule has 1 unspecified atom stereocenters. The standard InChI is InChI=1S/C23H26F8N8O3/c24-21(25)4-1-12(2-5-21)18(36-20(42)14-9-33-39(37-14)11-23(29,30)31)15-10-38-16(34-15)7-13(8-32-38)19(41)35-17(40)3-6-22(26,27)28/h7-10,12,17-19,35,40-41H,1-6,11H2,(H,36,42)/t17?,18-,19+/m0/s1. The summed E-state index contributed by atoms with van der Waals surface area (Å²) in [5.41, 5.74) is -0.138. The Morgan fingerprint density at radius 2 is 1.76 bits per heavy atom. The lowest BCUT2D eigenvalue weighted by atomic mass is 9.81. The monoisotopic (exact) mass is 614 g/mol. The Labute approximate surface area is 231 Å². The van der Waals surface area contributed by atoms with Crippen molar-refractivity contribution in [3.05, 3.63) is 41.6 Å². The van der Waals surface area contributed by atoms with E-state index in [4.69, 9.17) is 0 Å². The van der Waals surface area contributed by atoms with Crippen molar-refractivity contribution < 1.29 is 50.1 Å². The molecule has 4 rings (SSSR count). The predicted molar refractivity (Wildman–Crippen MR) is 126 cm³/mol. The van der Waals surface area contributed by atoms with Gasteiger partial charge in [-0.05, 0) is 31.2 Å². The number of amides is 1. The van der Waals surface area contributed by atoms with Gasteiger partial charge in [0.1, 0.15) is 12.5 Å². The highest BCUT2D eigenvalue weighted by molar-refractivity contribution is 5.92. The third kappa shape index (κ3) is 8.54. The van der Waals surface area contributed by atoms with Gasteiger partial charge in [-0.3, -0.25) is 10.1 Å². The van der Waals surface area contributed by atoms with Crippen LogP contribution in [0.1, 0.15) is 72.5 Å². The highest BCUT2D eigenvalue weighted by atomic mass is 19.4. The number of alkyl halides is 8. The number of aliphatic hydroxyl groups excluding tert-OH is 2. The average Bonchev–Trinajstić information content (AvgIpc) is 3.51. The Hall–Kier alpha value is -3.45. The van der Waals surface area contributed by atoms with Crippen molar-refractivity contribution in [3.63, 3.8) is 0 Å². The molecule has 42 heavy (non-hydrogen) atoms. The minimum absolute atomic E-state index is 0.0102. The zero-order valence-electron chi connectivity index (χ0n) is 21.6. The molecular weight excluding hydrogens is 588 g/mol. The summed E-state index contributed by atoms with van der Waals surface area (Å²) in [6, 6.07) is 0.320. The maximum Gasteiger partial charge on any atom is 0.409 e. The van der Waals surface area contributed by atoms with Crippen molar-refractivity contribution in [2.75, 3.05) is 0 Å². The molecule has 3 aromatic heterocycles. The summed E-state index contributed by atoms with van der Waals surface area (Å²) in [7, 11) is 0.